The number of fused-ring (bicyclic) bond motifs is 1. The Kier molecular flexibility index (Phi) is 6.84. The van der Waals surface area contributed by atoms with E-state index in [9.17, 15) is 19.1 Å². The van der Waals surface area contributed by atoms with Gasteiger partial charge in [-0.25, -0.2) is 4.39 Å². The van der Waals surface area contributed by atoms with Gasteiger partial charge in [-0.1, -0.05) is 6.07 Å². The summed E-state index contributed by atoms with van der Waals surface area (Å²) in [7, 11) is 1.68. The largest absolute Gasteiger partial charge is 0.457 e. The number of carbonyl (C=O) groups excluding carboxylic acids is 1. The first-order valence-electron chi connectivity index (χ1n) is 12.9. The number of nitrogens with zero attached hydrogens (tertiary/aromatic N) is 1. The summed E-state index contributed by atoms with van der Waals surface area (Å²) in [5.41, 5.74) is 4.38. The molecule has 38 heavy (non-hydrogen) atoms. The van der Waals surface area contributed by atoms with Crippen LogP contribution in [-0.4, -0.2) is 32.7 Å². The predicted molar refractivity (Wildman–Crippen MR) is 145 cm³/mol. The lowest BCUT2D eigenvalue weighted by atomic mass is 9.93. The fourth-order valence-corrected chi connectivity index (χ4v) is 5.31. The summed E-state index contributed by atoms with van der Waals surface area (Å²) in [5, 5.41) is 13.4. The van der Waals surface area contributed by atoms with Crippen molar-refractivity contribution in [3.63, 3.8) is 0 Å². The minimum Gasteiger partial charge on any atom is -0.457 e. The summed E-state index contributed by atoms with van der Waals surface area (Å²) in [6, 6.07) is 10.4. The van der Waals surface area contributed by atoms with Gasteiger partial charge in [0.25, 0.3) is 11.5 Å². The van der Waals surface area contributed by atoms with Gasteiger partial charge in [0, 0.05) is 30.2 Å². The molecule has 7 nitrogen and oxygen atoms in total. The van der Waals surface area contributed by atoms with E-state index in [0.29, 0.717) is 52.1 Å². The second-order valence-electron chi connectivity index (χ2n) is 10.4. The topological polar surface area (TPSA) is 96.4 Å². The van der Waals surface area contributed by atoms with Crippen molar-refractivity contribution in [1.82, 2.24) is 14.9 Å². The first-order valence-corrected chi connectivity index (χ1v) is 12.9. The van der Waals surface area contributed by atoms with Gasteiger partial charge in [-0.05, 0) is 99.0 Å². The fourth-order valence-electron chi connectivity index (χ4n) is 5.31. The number of hydrogen-bond donors (Lipinski definition) is 3. The van der Waals surface area contributed by atoms with E-state index in [1.165, 1.54) is 16.7 Å². The van der Waals surface area contributed by atoms with E-state index in [-0.39, 0.29) is 29.4 Å². The highest BCUT2D eigenvalue weighted by molar-refractivity contribution is 6.02. The van der Waals surface area contributed by atoms with E-state index < -0.39 is 0 Å². The Bertz CT molecular complexity index is 1570. The summed E-state index contributed by atoms with van der Waals surface area (Å²) in [4.78, 5) is 29.1. The van der Waals surface area contributed by atoms with Crippen molar-refractivity contribution < 1.29 is 19.0 Å². The number of aliphatic hydroxyl groups excluding tert-OH is 1. The highest BCUT2D eigenvalue weighted by Gasteiger charge is 2.23. The molecule has 3 N–H and O–H groups in total. The molecule has 1 aliphatic carbocycles. The summed E-state index contributed by atoms with van der Waals surface area (Å²) in [5.74, 6) is 0.613. The van der Waals surface area contributed by atoms with Crippen molar-refractivity contribution >= 4 is 16.8 Å². The molecule has 0 bridgehead atoms. The standard InChI is InChI=1S/C30H32FN3O4/c1-16-9-19(13-23(10-16)38-28-17(2)11-20(31)12-18(28)3)25-15-34(4)30(37)27-24(25)14-26(33-27)29(36)32-21-5-7-22(35)8-6-21/h9-15,21-22,33,35H,5-8H2,1-4H3,(H,32,36). The third kappa shape index (κ3) is 5.09. The van der Waals surface area contributed by atoms with E-state index >= 15 is 0 Å². The van der Waals surface area contributed by atoms with E-state index in [0.717, 1.165) is 29.5 Å². The van der Waals surface area contributed by atoms with E-state index in [1.54, 1.807) is 33.2 Å². The number of hydrogen-bond acceptors (Lipinski definition) is 4. The second kappa shape index (κ2) is 10.1. The summed E-state index contributed by atoms with van der Waals surface area (Å²) >= 11 is 0. The number of ether oxygens (including phenoxy) is 1. The van der Waals surface area contributed by atoms with Crippen LogP contribution < -0.4 is 15.6 Å². The van der Waals surface area contributed by atoms with Gasteiger partial charge in [-0.15, -0.1) is 0 Å². The van der Waals surface area contributed by atoms with E-state index in [2.05, 4.69) is 10.3 Å². The SMILES string of the molecule is Cc1cc(Oc2c(C)cc(F)cc2C)cc(-c2cn(C)c(=O)c3[nH]c(C(=O)NC4CCC(O)CC4)cc23)c1. The molecule has 0 unspecified atom stereocenters. The Hall–Kier alpha value is -3.91. The number of H-pyrrole nitrogens is 1. The monoisotopic (exact) mass is 517 g/mol. The zero-order valence-electron chi connectivity index (χ0n) is 22.0. The first kappa shape index (κ1) is 25.7. The maximum atomic E-state index is 13.8. The van der Waals surface area contributed by atoms with Crippen LogP contribution in [0.15, 0.2) is 47.4 Å². The molecule has 0 spiro atoms. The maximum absolute atomic E-state index is 13.8. The predicted octanol–water partition coefficient (Wildman–Crippen LogP) is 5.42. The number of amides is 1. The molecule has 8 heteroatoms. The zero-order valence-corrected chi connectivity index (χ0v) is 22.0. The number of aryl methyl sites for hydroxylation is 4. The van der Waals surface area contributed by atoms with Gasteiger partial charge >= 0.3 is 0 Å². The van der Waals surface area contributed by atoms with Crippen molar-refractivity contribution in [2.45, 2.75) is 58.6 Å². The molecule has 0 aliphatic heterocycles. The van der Waals surface area contributed by atoms with Gasteiger partial charge in [-0.2, -0.15) is 0 Å². The van der Waals surface area contributed by atoms with Crippen LogP contribution in [0.3, 0.4) is 0 Å². The lowest BCUT2D eigenvalue weighted by Crippen LogP contribution is -2.38. The van der Waals surface area contributed by atoms with Crippen LogP contribution >= 0.6 is 0 Å². The molecule has 2 aromatic heterocycles. The number of nitrogens with one attached hydrogen (secondary N) is 2. The molecular weight excluding hydrogens is 485 g/mol. The summed E-state index contributed by atoms with van der Waals surface area (Å²) in [6.07, 6.45) is 4.23. The average molecular weight is 518 g/mol. The molecule has 1 aliphatic rings. The second-order valence-corrected chi connectivity index (χ2v) is 10.4. The normalized spacial score (nSPS) is 17.5. The molecule has 198 valence electrons. The molecule has 2 heterocycles. The van der Waals surface area contributed by atoms with Gasteiger partial charge in [-0.3, -0.25) is 9.59 Å². The van der Waals surface area contributed by atoms with Crippen molar-refractivity contribution in [3.8, 4) is 22.6 Å². The molecule has 0 atom stereocenters. The zero-order chi connectivity index (χ0) is 27.1. The van der Waals surface area contributed by atoms with E-state index in [4.69, 9.17) is 4.74 Å². The van der Waals surface area contributed by atoms with Gasteiger partial charge in [0.1, 0.15) is 28.5 Å². The average Bonchev–Trinajstić information content (AvgIpc) is 3.31. The Morgan fingerprint density at radius 3 is 2.42 bits per heavy atom. The third-order valence-corrected chi connectivity index (χ3v) is 7.25. The van der Waals surface area contributed by atoms with Crippen LogP contribution in [0, 0.1) is 26.6 Å². The smallest absolute Gasteiger partial charge is 0.274 e. The van der Waals surface area contributed by atoms with Crippen molar-refractivity contribution in [1.29, 1.82) is 0 Å². The molecule has 1 saturated carbocycles. The van der Waals surface area contributed by atoms with Crippen LogP contribution in [0.5, 0.6) is 11.5 Å². The number of aromatic amines is 1. The number of carbonyl (C=O) groups is 1. The van der Waals surface area contributed by atoms with Crippen LogP contribution in [-0.2, 0) is 7.05 Å². The van der Waals surface area contributed by atoms with Gasteiger partial charge < -0.3 is 24.7 Å². The molecule has 1 fully saturated rings. The Morgan fingerprint density at radius 1 is 1.05 bits per heavy atom. The summed E-state index contributed by atoms with van der Waals surface area (Å²) < 4.78 is 21.5. The maximum Gasteiger partial charge on any atom is 0.274 e. The number of pyridine rings is 1. The fraction of sp³-hybridized carbons (Fsp3) is 0.333. The molecule has 0 radical (unpaired) electrons. The summed E-state index contributed by atoms with van der Waals surface area (Å²) in [6.45, 7) is 5.57. The van der Waals surface area contributed by atoms with Gasteiger partial charge in [0.15, 0.2) is 0 Å². The Morgan fingerprint density at radius 2 is 1.74 bits per heavy atom. The number of aliphatic hydroxyl groups is 1. The minimum absolute atomic E-state index is 0.00512. The highest BCUT2D eigenvalue weighted by atomic mass is 19.1. The van der Waals surface area contributed by atoms with Crippen LogP contribution in [0.4, 0.5) is 4.39 Å². The number of aromatic nitrogens is 2. The minimum atomic E-state index is -0.307. The first-order chi connectivity index (χ1) is 18.1. The molecule has 0 saturated heterocycles. The van der Waals surface area contributed by atoms with E-state index in [1.807, 2.05) is 25.1 Å². The number of benzene rings is 2. The van der Waals surface area contributed by atoms with Gasteiger partial charge in [0.05, 0.1) is 6.10 Å². The Labute approximate surface area is 220 Å². The van der Waals surface area contributed by atoms with Crippen molar-refractivity contribution in [2.75, 3.05) is 0 Å². The quantitative estimate of drug-likeness (QED) is 0.329. The van der Waals surface area contributed by atoms with Crippen molar-refractivity contribution in [3.05, 3.63) is 81.2 Å². The lowest BCUT2D eigenvalue weighted by Gasteiger charge is -2.25. The van der Waals surface area contributed by atoms with Crippen molar-refractivity contribution in [2.24, 2.45) is 7.05 Å². The van der Waals surface area contributed by atoms with Crippen LogP contribution in [0.25, 0.3) is 22.0 Å². The number of halogens is 1. The van der Waals surface area contributed by atoms with Gasteiger partial charge in [0.2, 0.25) is 0 Å². The number of rotatable bonds is 5. The molecule has 5 rings (SSSR count). The molecule has 4 aromatic rings. The highest BCUT2D eigenvalue weighted by Crippen LogP contribution is 2.35. The third-order valence-electron chi connectivity index (χ3n) is 7.25. The molecule has 2 aromatic carbocycles. The lowest BCUT2D eigenvalue weighted by molar-refractivity contribution is 0.0864. The van der Waals surface area contributed by atoms with Crippen LogP contribution in [0.1, 0.15) is 52.9 Å². The molecule has 1 amide bonds. The Balaban J connectivity index is 1.52. The molecular formula is C30H32FN3O4. The van der Waals surface area contributed by atoms with Crippen LogP contribution in [0.2, 0.25) is 0 Å².